The Bertz CT molecular complexity index is 1190. The lowest BCUT2D eigenvalue weighted by molar-refractivity contribution is -0.125. The van der Waals surface area contributed by atoms with Crippen molar-refractivity contribution in [3.8, 4) is 6.07 Å². The lowest BCUT2D eigenvalue weighted by Crippen LogP contribution is -2.33. The van der Waals surface area contributed by atoms with Gasteiger partial charge in [-0.2, -0.15) is 5.26 Å². The van der Waals surface area contributed by atoms with Crippen LogP contribution in [0.5, 0.6) is 0 Å². The number of carbonyl (C=O) groups is 2. The Hall–Kier alpha value is -4.18. The Morgan fingerprint density at radius 1 is 1.00 bits per heavy atom. The minimum absolute atomic E-state index is 0.0831. The van der Waals surface area contributed by atoms with Gasteiger partial charge < -0.3 is 15.1 Å². The number of hydrogen-bond donors (Lipinski definition) is 1. The fraction of sp³-hybridized carbons (Fsp3) is 0.286. The Balaban J connectivity index is 1.25. The molecular weight excluding hydrogens is 438 g/mol. The first kappa shape index (κ1) is 24.0. The van der Waals surface area contributed by atoms with Crippen molar-refractivity contribution >= 4 is 23.3 Å². The van der Waals surface area contributed by atoms with Gasteiger partial charge in [-0.3, -0.25) is 9.59 Å². The Labute approximate surface area is 206 Å². The second kappa shape index (κ2) is 11.8. The van der Waals surface area contributed by atoms with Crippen LogP contribution in [0, 0.1) is 11.3 Å². The van der Waals surface area contributed by atoms with Crippen molar-refractivity contribution in [3.05, 3.63) is 89.6 Å². The minimum atomic E-state index is -0.191. The van der Waals surface area contributed by atoms with Crippen LogP contribution in [0.3, 0.4) is 0 Å². The molecule has 1 N–H and O–H groups in total. The normalized spacial score (nSPS) is 12.4. The molecule has 2 amide bonds. The van der Waals surface area contributed by atoms with Crippen LogP contribution in [-0.2, 0) is 29.1 Å². The summed E-state index contributed by atoms with van der Waals surface area (Å²) in [5.74, 6) is 0.567. The number of benzene rings is 2. The molecule has 0 saturated carbocycles. The number of hydrogen-bond acceptors (Lipinski definition) is 5. The van der Waals surface area contributed by atoms with Crippen LogP contribution in [0.2, 0.25) is 0 Å². The molecular formula is C28H29N5O2. The number of amides is 2. The van der Waals surface area contributed by atoms with Crippen LogP contribution in [0.25, 0.3) is 0 Å². The highest BCUT2D eigenvalue weighted by molar-refractivity contribution is 5.95. The predicted molar refractivity (Wildman–Crippen MR) is 136 cm³/mol. The van der Waals surface area contributed by atoms with E-state index >= 15 is 0 Å². The maximum absolute atomic E-state index is 12.7. The highest BCUT2D eigenvalue weighted by Gasteiger charge is 2.18. The molecule has 4 rings (SSSR count). The van der Waals surface area contributed by atoms with E-state index in [9.17, 15) is 9.59 Å². The number of para-hydroxylation sites is 1. The van der Waals surface area contributed by atoms with E-state index in [4.69, 9.17) is 5.26 Å². The van der Waals surface area contributed by atoms with E-state index in [1.165, 1.54) is 11.1 Å². The zero-order chi connectivity index (χ0) is 24.5. The SMILES string of the molecule is N#CCCN(C(=O)CCC(=O)NCc1ccc(N2CCc3ccccc3C2)nc1)c1ccccc1. The first-order valence-electron chi connectivity index (χ1n) is 11.9. The van der Waals surface area contributed by atoms with Crippen LogP contribution in [0.4, 0.5) is 11.5 Å². The molecule has 35 heavy (non-hydrogen) atoms. The van der Waals surface area contributed by atoms with Gasteiger partial charge in [-0.25, -0.2) is 4.98 Å². The van der Waals surface area contributed by atoms with E-state index in [-0.39, 0.29) is 31.1 Å². The standard InChI is InChI=1S/C28H29N5O2/c29-16-6-17-33(25-9-2-1-3-10-25)28(35)14-13-27(34)31-20-22-11-12-26(30-19-22)32-18-15-23-7-4-5-8-24(23)21-32/h1-5,7-12,19H,6,13-15,17-18,20-21H2,(H,31,34). The molecule has 1 aliphatic rings. The number of anilines is 2. The zero-order valence-electron chi connectivity index (χ0n) is 19.7. The third-order valence-electron chi connectivity index (χ3n) is 6.14. The second-order valence-corrected chi connectivity index (χ2v) is 8.53. The largest absolute Gasteiger partial charge is 0.352 e. The fourth-order valence-corrected chi connectivity index (χ4v) is 4.21. The quantitative estimate of drug-likeness (QED) is 0.514. The molecule has 0 radical (unpaired) electrons. The summed E-state index contributed by atoms with van der Waals surface area (Å²) < 4.78 is 0. The van der Waals surface area contributed by atoms with E-state index in [1.807, 2.05) is 42.5 Å². The van der Waals surface area contributed by atoms with Gasteiger partial charge in [0.05, 0.1) is 12.5 Å². The fourth-order valence-electron chi connectivity index (χ4n) is 4.21. The molecule has 2 heterocycles. The van der Waals surface area contributed by atoms with Crippen molar-refractivity contribution in [1.29, 1.82) is 5.26 Å². The van der Waals surface area contributed by atoms with Crippen LogP contribution < -0.4 is 15.1 Å². The maximum atomic E-state index is 12.7. The van der Waals surface area contributed by atoms with E-state index in [2.05, 4.69) is 45.5 Å². The minimum Gasteiger partial charge on any atom is -0.352 e. The van der Waals surface area contributed by atoms with Crippen molar-refractivity contribution in [1.82, 2.24) is 10.3 Å². The van der Waals surface area contributed by atoms with E-state index in [0.717, 1.165) is 36.6 Å². The van der Waals surface area contributed by atoms with Crippen LogP contribution in [0.15, 0.2) is 72.9 Å². The number of nitriles is 1. The average molecular weight is 468 g/mol. The van der Waals surface area contributed by atoms with Crippen LogP contribution in [0.1, 0.15) is 36.0 Å². The van der Waals surface area contributed by atoms with E-state index in [1.54, 1.807) is 11.1 Å². The molecule has 0 aliphatic carbocycles. The Morgan fingerprint density at radius 3 is 2.51 bits per heavy atom. The van der Waals surface area contributed by atoms with Gasteiger partial charge in [0.15, 0.2) is 0 Å². The predicted octanol–water partition coefficient (Wildman–Crippen LogP) is 3.99. The number of nitrogens with zero attached hydrogens (tertiary/aromatic N) is 4. The summed E-state index contributed by atoms with van der Waals surface area (Å²) in [5.41, 5.74) is 4.38. The van der Waals surface area contributed by atoms with Gasteiger partial charge in [-0.05, 0) is 41.3 Å². The lowest BCUT2D eigenvalue weighted by atomic mass is 10.00. The Kier molecular flexibility index (Phi) is 8.08. The Morgan fingerprint density at radius 2 is 1.77 bits per heavy atom. The summed E-state index contributed by atoms with van der Waals surface area (Å²) >= 11 is 0. The topological polar surface area (TPSA) is 89.3 Å². The molecule has 1 aromatic heterocycles. The van der Waals surface area contributed by atoms with Crippen molar-refractivity contribution in [2.75, 3.05) is 22.9 Å². The number of fused-ring (bicyclic) bond motifs is 1. The number of pyridine rings is 1. The van der Waals surface area contributed by atoms with E-state index in [0.29, 0.717) is 13.1 Å². The van der Waals surface area contributed by atoms with Gasteiger partial charge >= 0.3 is 0 Å². The van der Waals surface area contributed by atoms with Crippen LogP contribution in [-0.4, -0.2) is 29.9 Å². The molecule has 1 aliphatic heterocycles. The van der Waals surface area contributed by atoms with Crippen molar-refractivity contribution in [2.24, 2.45) is 0 Å². The van der Waals surface area contributed by atoms with Gasteiger partial charge in [0, 0.05) is 50.9 Å². The summed E-state index contributed by atoms with van der Waals surface area (Å²) in [6, 6.07) is 23.8. The lowest BCUT2D eigenvalue weighted by Gasteiger charge is -2.29. The molecule has 7 nitrogen and oxygen atoms in total. The molecule has 178 valence electrons. The summed E-state index contributed by atoms with van der Waals surface area (Å²) in [4.78, 5) is 33.5. The molecule has 0 spiro atoms. The molecule has 0 saturated heterocycles. The van der Waals surface area contributed by atoms with Crippen molar-refractivity contribution in [2.45, 2.75) is 38.8 Å². The first-order chi connectivity index (χ1) is 17.1. The first-order valence-corrected chi connectivity index (χ1v) is 11.9. The molecule has 0 unspecified atom stereocenters. The zero-order valence-corrected chi connectivity index (χ0v) is 19.7. The number of aromatic nitrogens is 1. The summed E-state index contributed by atoms with van der Waals surface area (Å²) in [5, 5.41) is 11.8. The molecule has 0 fully saturated rings. The third-order valence-corrected chi connectivity index (χ3v) is 6.14. The van der Waals surface area contributed by atoms with E-state index < -0.39 is 0 Å². The monoisotopic (exact) mass is 467 g/mol. The van der Waals surface area contributed by atoms with Gasteiger partial charge in [0.1, 0.15) is 5.82 Å². The number of nitrogens with one attached hydrogen (secondary N) is 1. The van der Waals surface area contributed by atoms with Gasteiger partial charge in [-0.15, -0.1) is 0 Å². The second-order valence-electron chi connectivity index (χ2n) is 8.53. The maximum Gasteiger partial charge on any atom is 0.227 e. The molecule has 0 bridgehead atoms. The van der Waals surface area contributed by atoms with Crippen LogP contribution >= 0.6 is 0 Å². The molecule has 0 atom stereocenters. The van der Waals surface area contributed by atoms with Crippen molar-refractivity contribution < 1.29 is 9.59 Å². The van der Waals surface area contributed by atoms with Gasteiger partial charge in [-0.1, -0.05) is 48.5 Å². The molecule has 7 heteroatoms. The smallest absolute Gasteiger partial charge is 0.227 e. The summed E-state index contributed by atoms with van der Waals surface area (Å²) in [7, 11) is 0. The summed E-state index contributed by atoms with van der Waals surface area (Å²) in [6.07, 6.45) is 3.21. The third kappa shape index (κ3) is 6.45. The highest BCUT2D eigenvalue weighted by atomic mass is 16.2. The van der Waals surface area contributed by atoms with Gasteiger partial charge in [0.25, 0.3) is 0 Å². The summed E-state index contributed by atoms with van der Waals surface area (Å²) in [6.45, 7) is 2.45. The molecule has 2 aromatic carbocycles. The highest BCUT2D eigenvalue weighted by Crippen LogP contribution is 2.23. The average Bonchev–Trinajstić information content (AvgIpc) is 2.91. The number of rotatable bonds is 9. The number of carbonyl (C=O) groups excluding carboxylic acids is 2. The van der Waals surface area contributed by atoms with Gasteiger partial charge in [0.2, 0.25) is 11.8 Å². The molecule has 3 aromatic rings. The van der Waals surface area contributed by atoms with Crippen molar-refractivity contribution in [3.63, 3.8) is 0 Å².